The van der Waals surface area contributed by atoms with E-state index in [1.54, 1.807) is 0 Å². The van der Waals surface area contributed by atoms with Gasteiger partial charge >= 0.3 is 0 Å². The molecule has 0 saturated carbocycles. The van der Waals surface area contributed by atoms with Crippen molar-refractivity contribution in [3.63, 3.8) is 0 Å². The van der Waals surface area contributed by atoms with Gasteiger partial charge in [0, 0.05) is 6.54 Å². The highest BCUT2D eigenvalue weighted by molar-refractivity contribution is 4.54. The van der Waals surface area contributed by atoms with Gasteiger partial charge in [0.1, 0.15) is 6.17 Å². The van der Waals surface area contributed by atoms with Crippen LogP contribution in [0.15, 0.2) is 0 Å². The van der Waals surface area contributed by atoms with Crippen LogP contribution in [0.5, 0.6) is 0 Å². The lowest BCUT2D eigenvalue weighted by Gasteiger charge is -1.98. The van der Waals surface area contributed by atoms with Crippen LogP contribution in [-0.2, 0) is 0 Å². The molecule has 0 amide bonds. The third kappa shape index (κ3) is 3.69. The molecule has 0 spiro atoms. The van der Waals surface area contributed by atoms with Gasteiger partial charge in [-0.2, -0.15) is 0 Å². The Morgan fingerprint density at radius 3 is 2.14 bits per heavy atom. The molecule has 0 aliphatic carbocycles. The highest BCUT2D eigenvalue weighted by Crippen LogP contribution is 1.90. The highest BCUT2D eigenvalue weighted by atomic mass is 19.1. The fraction of sp³-hybridized carbons (Fsp3) is 1.00. The largest absolute Gasteiger partial charge is 0.330 e. The lowest BCUT2D eigenvalue weighted by atomic mass is 10.3. The van der Waals surface area contributed by atoms with E-state index in [-0.39, 0.29) is 6.54 Å². The fourth-order valence-electron chi connectivity index (χ4n) is 0.299. The molecule has 2 nitrogen and oxygen atoms in total. The van der Waals surface area contributed by atoms with Gasteiger partial charge in [0.15, 0.2) is 0 Å². The number of hydrogen-bond acceptors (Lipinski definition) is 2. The molecular formula is C4H11FN2. The predicted molar refractivity (Wildman–Crippen MR) is 27.6 cm³/mol. The van der Waals surface area contributed by atoms with Crippen LogP contribution in [0.25, 0.3) is 0 Å². The normalized spacial score (nSPS) is 14.1. The zero-order valence-corrected chi connectivity index (χ0v) is 4.23. The van der Waals surface area contributed by atoms with Gasteiger partial charge < -0.3 is 11.5 Å². The number of rotatable bonds is 3. The SMILES string of the molecule is NCC[C@@H](F)CN. The van der Waals surface area contributed by atoms with E-state index < -0.39 is 6.17 Å². The maximum atomic E-state index is 11.9. The fourth-order valence-corrected chi connectivity index (χ4v) is 0.299. The molecule has 0 rings (SSSR count). The monoisotopic (exact) mass is 106 g/mol. The summed E-state index contributed by atoms with van der Waals surface area (Å²) in [4.78, 5) is 0. The summed E-state index contributed by atoms with van der Waals surface area (Å²) in [6.45, 7) is 0.482. The first-order valence-corrected chi connectivity index (χ1v) is 2.35. The maximum Gasteiger partial charge on any atom is 0.113 e. The second-order valence-corrected chi connectivity index (χ2v) is 1.41. The molecule has 0 unspecified atom stereocenters. The molecule has 0 aliphatic rings. The molecule has 0 heterocycles. The first kappa shape index (κ1) is 6.85. The minimum absolute atomic E-state index is 0.0944. The lowest BCUT2D eigenvalue weighted by Crippen LogP contribution is -2.18. The molecule has 0 aromatic rings. The molecule has 0 aromatic carbocycles. The predicted octanol–water partition coefficient (Wildman–Crippen LogP) is -0.368. The van der Waals surface area contributed by atoms with Crippen LogP contribution in [0.1, 0.15) is 6.42 Å². The summed E-state index contributed by atoms with van der Waals surface area (Å²) < 4.78 is 11.9. The first-order valence-electron chi connectivity index (χ1n) is 2.35. The number of hydrogen-bond donors (Lipinski definition) is 2. The van der Waals surface area contributed by atoms with E-state index in [0.717, 1.165) is 0 Å². The van der Waals surface area contributed by atoms with E-state index in [2.05, 4.69) is 0 Å². The van der Waals surface area contributed by atoms with Crippen molar-refractivity contribution in [2.75, 3.05) is 13.1 Å². The van der Waals surface area contributed by atoms with Crippen LogP contribution < -0.4 is 11.5 Å². The van der Waals surface area contributed by atoms with Crippen molar-refractivity contribution in [3.8, 4) is 0 Å². The van der Waals surface area contributed by atoms with Gasteiger partial charge in [-0.05, 0) is 13.0 Å². The van der Waals surface area contributed by atoms with Gasteiger partial charge in [-0.1, -0.05) is 0 Å². The average molecular weight is 106 g/mol. The van der Waals surface area contributed by atoms with Crippen molar-refractivity contribution in [2.45, 2.75) is 12.6 Å². The molecule has 44 valence electrons. The van der Waals surface area contributed by atoms with Crippen molar-refractivity contribution in [2.24, 2.45) is 11.5 Å². The number of halogens is 1. The van der Waals surface area contributed by atoms with Crippen LogP contribution in [0, 0.1) is 0 Å². The molecular weight excluding hydrogens is 95.1 g/mol. The van der Waals surface area contributed by atoms with E-state index in [0.29, 0.717) is 13.0 Å². The Morgan fingerprint density at radius 1 is 1.43 bits per heavy atom. The Hall–Kier alpha value is -0.150. The summed E-state index contributed by atoms with van der Waals surface area (Å²) in [6, 6.07) is 0. The topological polar surface area (TPSA) is 52.0 Å². The number of nitrogens with two attached hydrogens (primary N) is 2. The Kier molecular flexibility index (Phi) is 3.93. The summed E-state index contributed by atoms with van der Waals surface area (Å²) >= 11 is 0. The Labute approximate surface area is 42.7 Å². The van der Waals surface area contributed by atoms with Crippen LogP contribution in [0.2, 0.25) is 0 Å². The van der Waals surface area contributed by atoms with E-state index in [1.807, 2.05) is 0 Å². The molecule has 0 radical (unpaired) electrons. The zero-order valence-electron chi connectivity index (χ0n) is 4.23. The van der Waals surface area contributed by atoms with E-state index in [4.69, 9.17) is 11.5 Å². The van der Waals surface area contributed by atoms with E-state index in [9.17, 15) is 4.39 Å². The molecule has 4 N–H and O–H groups in total. The molecule has 0 aliphatic heterocycles. The van der Waals surface area contributed by atoms with Gasteiger partial charge in [0.2, 0.25) is 0 Å². The third-order valence-electron chi connectivity index (χ3n) is 0.736. The smallest absolute Gasteiger partial charge is 0.113 e. The van der Waals surface area contributed by atoms with E-state index >= 15 is 0 Å². The maximum absolute atomic E-state index is 11.9. The summed E-state index contributed by atoms with van der Waals surface area (Å²) in [5.41, 5.74) is 9.94. The summed E-state index contributed by atoms with van der Waals surface area (Å²) in [6.07, 6.45) is -0.513. The van der Waals surface area contributed by atoms with Gasteiger partial charge in [-0.15, -0.1) is 0 Å². The highest BCUT2D eigenvalue weighted by Gasteiger charge is 1.98. The Bertz CT molecular complexity index is 40.7. The summed E-state index contributed by atoms with van der Waals surface area (Å²) in [5, 5.41) is 0. The average Bonchev–Trinajstić information content (AvgIpc) is 1.68. The standard InChI is InChI=1S/C4H11FN2/c5-4(3-7)1-2-6/h4H,1-3,6-7H2/t4-/m1/s1. The van der Waals surface area contributed by atoms with Gasteiger partial charge in [0.05, 0.1) is 0 Å². The van der Waals surface area contributed by atoms with Crippen LogP contribution in [0.4, 0.5) is 4.39 Å². The zero-order chi connectivity index (χ0) is 5.70. The Balaban J connectivity index is 2.83. The van der Waals surface area contributed by atoms with Crippen molar-refractivity contribution in [1.82, 2.24) is 0 Å². The molecule has 0 bridgehead atoms. The second kappa shape index (κ2) is 4.02. The third-order valence-corrected chi connectivity index (χ3v) is 0.736. The van der Waals surface area contributed by atoms with Crippen LogP contribution in [-0.4, -0.2) is 19.3 Å². The minimum Gasteiger partial charge on any atom is -0.330 e. The van der Waals surface area contributed by atoms with Crippen LogP contribution >= 0.6 is 0 Å². The Morgan fingerprint density at radius 2 is 2.00 bits per heavy atom. The van der Waals surface area contributed by atoms with Crippen molar-refractivity contribution in [1.29, 1.82) is 0 Å². The molecule has 0 fully saturated rings. The van der Waals surface area contributed by atoms with Crippen molar-refractivity contribution >= 4 is 0 Å². The summed E-state index contributed by atoms with van der Waals surface area (Å²) in [7, 11) is 0. The molecule has 3 heteroatoms. The van der Waals surface area contributed by atoms with Gasteiger partial charge in [0.25, 0.3) is 0 Å². The second-order valence-electron chi connectivity index (χ2n) is 1.41. The van der Waals surface area contributed by atoms with Gasteiger partial charge in [-0.3, -0.25) is 0 Å². The molecule has 0 aromatic heterocycles. The first-order chi connectivity index (χ1) is 3.31. The number of alkyl halides is 1. The lowest BCUT2D eigenvalue weighted by molar-refractivity contribution is 0.326. The van der Waals surface area contributed by atoms with Crippen LogP contribution in [0.3, 0.4) is 0 Å². The van der Waals surface area contributed by atoms with Crippen molar-refractivity contribution in [3.05, 3.63) is 0 Å². The molecule has 7 heavy (non-hydrogen) atoms. The molecule has 1 atom stereocenters. The van der Waals surface area contributed by atoms with Gasteiger partial charge in [-0.25, -0.2) is 4.39 Å². The van der Waals surface area contributed by atoms with E-state index in [1.165, 1.54) is 0 Å². The summed E-state index contributed by atoms with van der Waals surface area (Å²) in [5.74, 6) is 0. The molecule has 0 saturated heterocycles. The quantitative estimate of drug-likeness (QED) is 0.516. The van der Waals surface area contributed by atoms with Crippen molar-refractivity contribution < 1.29 is 4.39 Å². The minimum atomic E-state index is -0.898.